The number of amides is 1. The quantitative estimate of drug-likeness (QED) is 0.631. The number of methoxy groups -OCH3 is 3. The zero-order chi connectivity index (χ0) is 22.1. The fourth-order valence-electron chi connectivity index (χ4n) is 2.71. The van der Waals surface area contributed by atoms with E-state index in [4.69, 9.17) is 24.2 Å². The van der Waals surface area contributed by atoms with Crippen LogP contribution in [0.2, 0.25) is 0 Å². The molecule has 2 aromatic rings. The molecular formula is C22H24N2O6. The number of aryl methyl sites for hydroxylation is 1. The molecule has 2 aromatic carbocycles. The van der Waals surface area contributed by atoms with E-state index >= 15 is 0 Å². The standard InChI is InChI=1S/C22H24N2O6/c1-14(22(26)24-17-8-5-15(13-23)6-9-17)30-20(25)10-7-16-11-18(27-2)21(29-4)19(12-16)28-3/h5-6,8-9,11-12,14H,7,10H2,1-4H3,(H,24,26)/t14-/m0/s1. The van der Waals surface area contributed by atoms with Gasteiger partial charge in [0.15, 0.2) is 17.6 Å². The summed E-state index contributed by atoms with van der Waals surface area (Å²) in [7, 11) is 4.55. The van der Waals surface area contributed by atoms with Gasteiger partial charge in [0.25, 0.3) is 5.91 Å². The highest BCUT2D eigenvalue weighted by Gasteiger charge is 2.19. The van der Waals surface area contributed by atoms with Crippen LogP contribution in [0.15, 0.2) is 36.4 Å². The van der Waals surface area contributed by atoms with Gasteiger partial charge in [0.05, 0.1) is 33.0 Å². The first-order chi connectivity index (χ1) is 14.4. The molecule has 1 atom stereocenters. The summed E-state index contributed by atoms with van der Waals surface area (Å²) in [6, 6.07) is 11.9. The SMILES string of the molecule is COc1cc(CCC(=O)O[C@@H](C)C(=O)Nc2ccc(C#N)cc2)cc(OC)c1OC. The summed E-state index contributed by atoms with van der Waals surface area (Å²) in [5.41, 5.74) is 1.80. The molecule has 0 fully saturated rings. The van der Waals surface area contributed by atoms with Gasteiger partial charge in [-0.1, -0.05) is 0 Å². The molecule has 1 amide bonds. The molecule has 0 aromatic heterocycles. The molecule has 0 aliphatic rings. The maximum Gasteiger partial charge on any atom is 0.306 e. The van der Waals surface area contributed by atoms with E-state index in [1.807, 2.05) is 6.07 Å². The predicted molar refractivity (Wildman–Crippen MR) is 110 cm³/mol. The van der Waals surface area contributed by atoms with Crippen LogP contribution in [0, 0.1) is 11.3 Å². The number of ether oxygens (including phenoxy) is 4. The van der Waals surface area contributed by atoms with Gasteiger partial charge in [-0.3, -0.25) is 9.59 Å². The fourth-order valence-corrected chi connectivity index (χ4v) is 2.71. The zero-order valence-corrected chi connectivity index (χ0v) is 17.4. The molecule has 2 rings (SSSR count). The van der Waals surface area contributed by atoms with Crippen molar-refractivity contribution in [3.8, 4) is 23.3 Å². The van der Waals surface area contributed by atoms with E-state index in [-0.39, 0.29) is 6.42 Å². The van der Waals surface area contributed by atoms with E-state index in [1.165, 1.54) is 28.3 Å². The number of anilines is 1. The summed E-state index contributed by atoms with van der Waals surface area (Å²) in [6.45, 7) is 1.50. The van der Waals surface area contributed by atoms with Crippen LogP contribution in [0.25, 0.3) is 0 Å². The van der Waals surface area contributed by atoms with Crippen LogP contribution in [0.1, 0.15) is 24.5 Å². The Bertz CT molecular complexity index is 909. The van der Waals surface area contributed by atoms with Crippen molar-refractivity contribution in [2.24, 2.45) is 0 Å². The average molecular weight is 412 g/mol. The molecule has 8 nitrogen and oxygen atoms in total. The molecule has 0 spiro atoms. The van der Waals surface area contributed by atoms with Crippen LogP contribution < -0.4 is 19.5 Å². The third-order valence-corrected chi connectivity index (χ3v) is 4.30. The van der Waals surface area contributed by atoms with Gasteiger partial charge in [-0.25, -0.2) is 0 Å². The molecule has 0 heterocycles. The average Bonchev–Trinajstić information content (AvgIpc) is 2.77. The molecule has 0 saturated heterocycles. The van der Waals surface area contributed by atoms with E-state index in [0.717, 1.165) is 5.56 Å². The first-order valence-corrected chi connectivity index (χ1v) is 9.21. The van der Waals surface area contributed by atoms with Crippen LogP contribution in [0.5, 0.6) is 17.2 Å². The number of rotatable bonds is 9. The number of benzene rings is 2. The van der Waals surface area contributed by atoms with Crippen molar-refractivity contribution in [3.05, 3.63) is 47.5 Å². The minimum Gasteiger partial charge on any atom is -0.493 e. The maximum atomic E-state index is 12.2. The first kappa shape index (κ1) is 22.6. The number of nitrogens with zero attached hydrogens (tertiary/aromatic N) is 1. The van der Waals surface area contributed by atoms with Gasteiger partial charge in [-0.05, 0) is 55.3 Å². The third-order valence-electron chi connectivity index (χ3n) is 4.30. The zero-order valence-electron chi connectivity index (χ0n) is 17.4. The summed E-state index contributed by atoms with van der Waals surface area (Å²) in [6.07, 6.45) is -0.514. The number of nitrogens with one attached hydrogen (secondary N) is 1. The second-order valence-electron chi connectivity index (χ2n) is 6.34. The Hall–Kier alpha value is -3.73. The normalized spacial score (nSPS) is 11.0. The van der Waals surface area contributed by atoms with Gasteiger partial charge < -0.3 is 24.3 Å². The maximum absolute atomic E-state index is 12.2. The summed E-state index contributed by atoms with van der Waals surface area (Å²) < 4.78 is 21.1. The van der Waals surface area contributed by atoms with Crippen molar-refractivity contribution >= 4 is 17.6 Å². The Morgan fingerprint density at radius 1 is 1.03 bits per heavy atom. The predicted octanol–water partition coefficient (Wildman–Crippen LogP) is 3.09. The number of hydrogen-bond acceptors (Lipinski definition) is 7. The minimum absolute atomic E-state index is 0.0765. The largest absolute Gasteiger partial charge is 0.493 e. The van der Waals surface area contributed by atoms with Crippen LogP contribution in [0.4, 0.5) is 5.69 Å². The number of hydrogen-bond donors (Lipinski definition) is 1. The molecule has 1 N–H and O–H groups in total. The second kappa shape index (κ2) is 10.7. The highest BCUT2D eigenvalue weighted by molar-refractivity contribution is 5.95. The fraction of sp³-hybridized carbons (Fsp3) is 0.318. The van der Waals surface area contributed by atoms with Crippen molar-refractivity contribution in [1.82, 2.24) is 0 Å². The molecule has 0 saturated carbocycles. The third kappa shape index (κ3) is 5.88. The van der Waals surface area contributed by atoms with Gasteiger partial charge in [0.1, 0.15) is 0 Å². The lowest BCUT2D eigenvalue weighted by molar-refractivity contribution is -0.153. The molecule has 0 aliphatic heterocycles. The Balaban J connectivity index is 1.92. The van der Waals surface area contributed by atoms with Crippen molar-refractivity contribution in [2.45, 2.75) is 25.9 Å². The van der Waals surface area contributed by atoms with Gasteiger partial charge in [0.2, 0.25) is 5.75 Å². The van der Waals surface area contributed by atoms with Gasteiger partial charge in [0, 0.05) is 12.1 Å². The van der Waals surface area contributed by atoms with Gasteiger partial charge in [-0.2, -0.15) is 5.26 Å². The number of esters is 1. The lowest BCUT2D eigenvalue weighted by Crippen LogP contribution is -2.30. The van der Waals surface area contributed by atoms with E-state index < -0.39 is 18.0 Å². The Morgan fingerprint density at radius 2 is 1.63 bits per heavy atom. The molecule has 8 heteroatoms. The monoisotopic (exact) mass is 412 g/mol. The van der Waals surface area contributed by atoms with Crippen LogP contribution in [-0.2, 0) is 20.7 Å². The van der Waals surface area contributed by atoms with Crippen molar-refractivity contribution < 1.29 is 28.5 Å². The van der Waals surface area contributed by atoms with Crippen LogP contribution in [0.3, 0.4) is 0 Å². The topological polar surface area (TPSA) is 107 Å². The van der Waals surface area contributed by atoms with Crippen molar-refractivity contribution in [1.29, 1.82) is 5.26 Å². The Morgan fingerprint density at radius 3 is 2.13 bits per heavy atom. The van der Waals surface area contributed by atoms with E-state index in [9.17, 15) is 9.59 Å². The lowest BCUT2D eigenvalue weighted by Gasteiger charge is -2.15. The Kier molecular flexibility index (Phi) is 8.06. The Labute approximate surface area is 175 Å². The molecule has 0 unspecified atom stereocenters. The minimum atomic E-state index is -0.965. The van der Waals surface area contributed by atoms with Gasteiger partial charge in [-0.15, -0.1) is 0 Å². The molecular weight excluding hydrogens is 388 g/mol. The highest BCUT2D eigenvalue weighted by Crippen LogP contribution is 2.38. The summed E-state index contributed by atoms with van der Waals surface area (Å²) in [5.74, 6) is 0.497. The van der Waals surface area contributed by atoms with Crippen molar-refractivity contribution in [3.63, 3.8) is 0 Å². The molecule has 30 heavy (non-hydrogen) atoms. The summed E-state index contributed by atoms with van der Waals surface area (Å²) in [4.78, 5) is 24.4. The number of nitriles is 1. The smallest absolute Gasteiger partial charge is 0.306 e. The molecule has 158 valence electrons. The van der Waals surface area contributed by atoms with E-state index in [0.29, 0.717) is 34.9 Å². The van der Waals surface area contributed by atoms with Gasteiger partial charge >= 0.3 is 5.97 Å². The van der Waals surface area contributed by atoms with E-state index in [2.05, 4.69) is 5.32 Å². The van der Waals surface area contributed by atoms with E-state index in [1.54, 1.807) is 36.4 Å². The second-order valence-corrected chi connectivity index (χ2v) is 6.34. The number of carbonyl (C=O) groups is 2. The summed E-state index contributed by atoms with van der Waals surface area (Å²) in [5, 5.41) is 11.4. The molecule has 0 aliphatic carbocycles. The van der Waals surface area contributed by atoms with Crippen LogP contribution >= 0.6 is 0 Å². The van der Waals surface area contributed by atoms with Crippen molar-refractivity contribution in [2.75, 3.05) is 26.6 Å². The first-order valence-electron chi connectivity index (χ1n) is 9.21. The van der Waals surface area contributed by atoms with Crippen LogP contribution in [-0.4, -0.2) is 39.3 Å². The number of carbonyl (C=O) groups excluding carboxylic acids is 2. The molecule has 0 bridgehead atoms. The summed E-state index contributed by atoms with van der Waals surface area (Å²) >= 11 is 0. The highest BCUT2D eigenvalue weighted by atomic mass is 16.5. The molecule has 0 radical (unpaired) electrons. The lowest BCUT2D eigenvalue weighted by atomic mass is 10.1.